The Morgan fingerprint density at radius 2 is 1.04 bits per heavy atom. The van der Waals surface area contributed by atoms with Gasteiger partial charge in [-0.05, 0) is 75.1 Å². The highest BCUT2D eigenvalue weighted by molar-refractivity contribution is 6.23. The van der Waals surface area contributed by atoms with E-state index in [2.05, 4.69) is 173 Å². The number of pyridine rings is 1. The second kappa shape index (κ2) is 9.54. The number of rotatable bonds is 2. The molecule has 0 aliphatic carbocycles. The fraction of sp³-hybridized carbons (Fsp3) is 0. The Kier molecular flexibility index (Phi) is 5.11. The van der Waals surface area contributed by atoms with E-state index in [1.165, 1.54) is 76.2 Å². The maximum absolute atomic E-state index is 5.18. The number of fused-ring (bicyclic) bond motifs is 15. The van der Waals surface area contributed by atoms with Crippen LogP contribution in [0.4, 0.5) is 0 Å². The van der Waals surface area contributed by atoms with Crippen LogP contribution in [0.3, 0.4) is 0 Å². The van der Waals surface area contributed by atoms with Crippen LogP contribution in [0.1, 0.15) is 0 Å². The fourth-order valence-corrected chi connectivity index (χ4v) is 8.10. The van der Waals surface area contributed by atoms with Crippen molar-refractivity contribution in [3.05, 3.63) is 164 Å². The zero-order chi connectivity index (χ0) is 31.3. The molecule has 3 aromatic heterocycles. The lowest BCUT2D eigenvalue weighted by atomic mass is 9.97. The highest BCUT2D eigenvalue weighted by Crippen LogP contribution is 2.40. The maximum atomic E-state index is 5.18. The number of nitrogens with zero attached hydrogens (tertiary/aromatic N) is 3. The second-order valence-corrected chi connectivity index (χ2v) is 12.8. The Balaban J connectivity index is 1.15. The van der Waals surface area contributed by atoms with Crippen LogP contribution in [-0.4, -0.2) is 14.0 Å². The summed E-state index contributed by atoms with van der Waals surface area (Å²) in [4.78, 5) is 5.18. The van der Waals surface area contributed by atoms with Crippen LogP contribution in [0, 0.1) is 0 Å². The SMILES string of the molecule is c1ccc2c(c1)ccc1c3cc(-c4ccc(-n5c6ccccc6c6ccc7ccccc7c65)cc4)ccc3n3c4ccccc4nc3c21. The van der Waals surface area contributed by atoms with Gasteiger partial charge in [-0.25, -0.2) is 4.98 Å². The van der Waals surface area contributed by atoms with Gasteiger partial charge >= 0.3 is 0 Å². The van der Waals surface area contributed by atoms with E-state index in [1.54, 1.807) is 0 Å². The Hall–Kier alpha value is -6.45. The molecule has 3 nitrogen and oxygen atoms in total. The van der Waals surface area contributed by atoms with Crippen molar-refractivity contribution in [2.45, 2.75) is 0 Å². The van der Waals surface area contributed by atoms with Crippen molar-refractivity contribution in [2.24, 2.45) is 0 Å². The summed E-state index contributed by atoms with van der Waals surface area (Å²) in [7, 11) is 0. The van der Waals surface area contributed by atoms with Crippen LogP contribution in [-0.2, 0) is 0 Å². The molecule has 3 heteroatoms. The molecule has 8 aromatic carbocycles. The van der Waals surface area contributed by atoms with Crippen LogP contribution in [0.5, 0.6) is 0 Å². The van der Waals surface area contributed by atoms with Gasteiger partial charge in [-0.2, -0.15) is 0 Å². The average molecular weight is 610 g/mol. The van der Waals surface area contributed by atoms with E-state index in [0.717, 1.165) is 22.4 Å². The Morgan fingerprint density at radius 1 is 0.396 bits per heavy atom. The number of para-hydroxylation sites is 3. The Morgan fingerprint density at radius 3 is 1.88 bits per heavy atom. The van der Waals surface area contributed by atoms with E-state index in [1.807, 2.05) is 0 Å². The van der Waals surface area contributed by atoms with Gasteiger partial charge in [0, 0.05) is 32.6 Å². The van der Waals surface area contributed by atoms with E-state index in [9.17, 15) is 0 Å². The lowest BCUT2D eigenvalue weighted by Gasteiger charge is -2.14. The van der Waals surface area contributed by atoms with Gasteiger partial charge < -0.3 is 4.57 Å². The van der Waals surface area contributed by atoms with Crippen molar-refractivity contribution in [3.63, 3.8) is 0 Å². The molecule has 0 atom stereocenters. The van der Waals surface area contributed by atoms with E-state index >= 15 is 0 Å². The van der Waals surface area contributed by atoms with Crippen LogP contribution >= 0.6 is 0 Å². The molecule has 0 aliphatic rings. The molecule has 0 saturated carbocycles. The minimum atomic E-state index is 1.01. The second-order valence-electron chi connectivity index (χ2n) is 12.8. The smallest absolute Gasteiger partial charge is 0.147 e. The van der Waals surface area contributed by atoms with Crippen LogP contribution in [0.15, 0.2) is 164 Å². The summed E-state index contributed by atoms with van der Waals surface area (Å²) in [6, 6.07) is 59.6. The van der Waals surface area contributed by atoms with Gasteiger partial charge in [0.25, 0.3) is 0 Å². The predicted molar refractivity (Wildman–Crippen MR) is 202 cm³/mol. The van der Waals surface area contributed by atoms with Crippen LogP contribution < -0.4 is 0 Å². The highest BCUT2D eigenvalue weighted by atomic mass is 15.0. The molecule has 0 unspecified atom stereocenters. The minimum absolute atomic E-state index is 1.01. The monoisotopic (exact) mass is 609 g/mol. The van der Waals surface area contributed by atoms with Gasteiger partial charge in [0.2, 0.25) is 0 Å². The third kappa shape index (κ3) is 3.45. The summed E-state index contributed by atoms with van der Waals surface area (Å²) < 4.78 is 4.77. The van der Waals surface area contributed by atoms with Crippen molar-refractivity contribution in [1.29, 1.82) is 0 Å². The van der Waals surface area contributed by atoms with Crippen molar-refractivity contribution < 1.29 is 0 Å². The lowest BCUT2D eigenvalue weighted by Crippen LogP contribution is -1.95. The predicted octanol–water partition coefficient (Wildman–Crippen LogP) is 11.9. The van der Waals surface area contributed by atoms with Gasteiger partial charge in [0.1, 0.15) is 5.65 Å². The molecule has 48 heavy (non-hydrogen) atoms. The molecule has 0 spiro atoms. The van der Waals surface area contributed by atoms with Crippen molar-refractivity contribution in [3.8, 4) is 16.8 Å². The summed E-state index contributed by atoms with van der Waals surface area (Å²) in [6.07, 6.45) is 0. The molecule has 3 heterocycles. The molecule has 0 radical (unpaired) electrons. The summed E-state index contributed by atoms with van der Waals surface area (Å²) in [5.41, 5.74) is 10.3. The van der Waals surface area contributed by atoms with Gasteiger partial charge in [0.05, 0.1) is 27.6 Å². The number of benzene rings is 8. The zero-order valence-corrected chi connectivity index (χ0v) is 25.9. The first-order valence-electron chi connectivity index (χ1n) is 16.5. The Bertz CT molecular complexity index is 3110. The quantitative estimate of drug-likeness (QED) is 0.179. The van der Waals surface area contributed by atoms with Crippen LogP contribution in [0.2, 0.25) is 0 Å². The first-order valence-corrected chi connectivity index (χ1v) is 16.5. The van der Waals surface area contributed by atoms with E-state index in [0.29, 0.717) is 0 Å². The Labute approximate surface area is 275 Å². The van der Waals surface area contributed by atoms with Gasteiger partial charge in [-0.1, -0.05) is 121 Å². The molecule has 11 aromatic rings. The molecule has 222 valence electrons. The topological polar surface area (TPSA) is 22.2 Å². The zero-order valence-electron chi connectivity index (χ0n) is 25.9. The standard InChI is InChI=1S/C45H27N3/c1-3-11-33-29(9-1)19-24-36-38-27-31(21-26-41(38)48-42-16-8-6-14-39(42)46-45(48)43(33)36)28-17-22-32(23-18-28)47-40-15-7-5-13-35(40)37-25-20-30-10-2-4-12-34(30)44(37)47/h1-27H. The molecule has 11 rings (SSSR count). The summed E-state index contributed by atoms with van der Waals surface area (Å²) in [5.74, 6) is 0. The number of hydrogen-bond acceptors (Lipinski definition) is 1. The molecular formula is C45H27N3. The maximum Gasteiger partial charge on any atom is 0.147 e. The lowest BCUT2D eigenvalue weighted by molar-refractivity contribution is 1.19. The van der Waals surface area contributed by atoms with E-state index in [4.69, 9.17) is 4.98 Å². The summed E-state index contributed by atoms with van der Waals surface area (Å²) in [5, 5.41) is 11.2. The number of imidazole rings is 1. The third-order valence-corrected chi connectivity index (χ3v) is 10.3. The molecular weight excluding hydrogens is 583 g/mol. The number of hydrogen-bond donors (Lipinski definition) is 0. The first kappa shape index (κ1) is 25.7. The largest absolute Gasteiger partial charge is 0.309 e. The van der Waals surface area contributed by atoms with Crippen LogP contribution in [0.25, 0.3) is 98.5 Å². The van der Waals surface area contributed by atoms with E-state index in [-0.39, 0.29) is 0 Å². The van der Waals surface area contributed by atoms with Gasteiger partial charge in [-0.3, -0.25) is 4.40 Å². The minimum Gasteiger partial charge on any atom is -0.309 e. The normalized spacial score (nSPS) is 12.2. The fourth-order valence-electron chi connectivity index (χ4n) is 8.10. The third-order valence-electron chi connectivity index (χ3n) is 10.3. The van der Waals surface area contributed by atoms with Crippen molar-refractivity contribution in [2.75, 3.05) is 0 Å². The van der Waals surface area contributed by atoms with Crippen molar-refractivity contribution >= 4 is 81.7 Å². The molecule has 0 fully saturated rings. The van der Waals surface area contributed by atoms with Gasteiger partial charge in [0.15, 0.2) is 0 Å². The summed E-state index contributed by atoms with van der Waals surface area (Å²) in [6.45, 7) is 0. The van der Waals surface area contributed by atoms with E-state index < -0.39 is 0 Å². The highest BCUT2D eigenvalue weighted by Gasteiger charge is 2.18. The molecule has 0 bridgehead atoms. The summed E-state index contributed by atoms with van der Waals surface area (Å²) >= 11 is 0. The van der Waals surface area contributed by atoms with Crippen molar-refractivity contribution in [1.82, 2.24) is 14.0 Å². The average Bonchev–Trinajstić information content (AvgIpc) is 3.71. The molecule has 0 saturated heterocycles. The molecule has 0 N–H and O–H groups in total. The number of aromatic nitrogens is 3. The molecule has 0 amide bonds. The molecule has 0 aliphatic heterocycles. The first-order chi connectivity index (χ1) is 23.8. The van der Waals surface area contributed by atoms with Gasteiger partial charge in [-0.15, -0.1) is 0 Å².